The summed E-state index contributed by atoms with van der Waals surface area (Å²) in [5.41, 5.74) is 3.63. The zero-order valence-electron chi connectivity index (χ0n) is 16.6. The second-order valence-electron chi connectivity index (χ2n) is 7.00. The number of amides is 2. The molecule has 2 N–H and O–H groups in total. The van der Waals surface area contributed by atoms with Crippen LogP contribution in [0.15, 0.2) is 79.0 Å². The van der Waals surface area contributed by atoms with E-state index in [0.29, 0.717) is 17.7 Å². The van der Waals surface area contributed by atoms with Crippen molar-refractivity contribution in [3.63, 3.8) is 0 Å². The van der Waals surface area contributed by atoms with Crippen LogP contribution in [0.3, 0.4) is 0 Å². The van der Waals surface area contributed by atoms with Gasteiger partial charge in [0.2, 0.25) is 5.82 Å². The average molecular weight is 398 g/mol. The Hall–Kier alpha value is -3.93. The van der Waals surface area contributed by atoms with Crippen LogP contribution in [0.2, 0.25) is 0 Å². The van der Waals surface area contributed by atoms with Gasteiger partial charge in [0.05, 0.1) is 5.52 Å². The van der Waals surface area contributed by atoms with Crippen molar-refractivity contribution in [3.05, 3.63) is 102 Å². The first-order chi connectivity index (χ1) is 14.6. The number of rotatable bonds is 6. The summed E-state index contributed by atoms with van der Waals surface area (Å²) in [7, 11) is 0. The minimum absolute atomic E-state index is 0.169. The molecule has 150 valence electrons. The van der Waals surface area contributed by atoms with Gasteiger partial charge in [-0.1, -0.05) is 54.6 Å². The lowest BCUT2D eigenvalue weighted by molar-refractivity contribution is 0.0951. The van der Waals surface area contributed by atoms with Crippen LogP contribution in [-0.2, 0) is 6.42 Å². The topological polar surface area (TPSA) is 75.5 Å². The molecule has 4 aromatic rings. The summed E-state index contributed by atoms with van der Waals surface area (Å²) < 4.78 is 1.64. The monoisotopic (exact) mass is 398 g/mol. The number of aromatic nitrogens is 2. The second kappa shape index (κ2) is 8.61. The number of carbonyl (C=O) groups excluding carboxylic acids is 2. The van der Waals surface area contributed by atoms with Crippen molar-refractivity contribution < 1.29 is 9.59 Å². The molecule has 0 atom stereocenters. The highest BCUT2D eigenvalue weighted by Gasteiger charge is 2.21. The lowest BCUT2D eigenvalue weighted by Crippen LogP contribution is -2.26. The number of benzene rings is 2. The van der Waals surface area contributed by atoms with E-state index in [1.807, 2.05) is 67.6 Å². The van der Waals surface area contributed by atoms with Gasteiger partial charge in [-0.25, -0.2) is 4.98 Å². The van der Waals surface area contributed by atoms with E-state index < -0.39 is 0 Å². The molecule has 2 amide bonds. The quantitative estimate of drug-likeness (QED) is 0.518. The predicted octanol–water partition coefficient (Wildman–Crippen LogP) is 3.87. The Bertz CT molecular complexity index is 1200. The van der Waals surface area contributed by atoms with E-state index >= 15 is 0 Å². The van der Waals surface area contributed by atoms with E-state index in [1.54, 1.807) is 22.7 Å². The van der Waals surface area contributed by atoms with Crippen molar-refractivity contribution in [3.8, 4) is 0 Å². The lowest BCUT2D eigenvalue weighted by atomic mass is 10.1. The molecular weight excluding hydrogens is 376 g/mol. The number of para-hydroxylation sites is 1. The van der Waals surface area contributed by atoms with E-state index in [1.165, 1.54) is 0 Å². The Balaban J connectivity index is 1.55. The second-order valence-corrected chi connectivity index (χ2v) is 7.00. The average Bonchev–Trinajstić information content (AvgIpc) is 3.16. The third kappa shape index (κ3) is 4.07. The maximum Gasteiger partial charge on any atom is 0.292 e. The van der Waals surface area contributed by atoms with Crippen LogP contribution in [0.5, 0.6) is 0 Å². The molecule has 6 nitrogen and oxygen atoms in total. The molecule has 6 heteroatoms. The number of nitrogens with one attached hydrogen (secondary N) is 2. The summed E-state index contributed by atoms with van der Waals surface area (Å²) in [5, 5.41) is 5.79. The van der Waals surface area contributed by atoms with Gasteiger partial charge in [-0.15, -0.1) is 0 Å². The molecule has 0 fully saturated rings. The van der Waals surface area contributed by atoms with Gasteiger partial charge in [0.1, 0.15) is 0 Å². The molecule has 2 heterocycles. The van der Waals surface area contributed by atoms with Crippen molar-refractivity contribution in [2.24, 2.45) is 0 Å². The number of pyridine rings is 1. The number of fused-ring (bicyclic) bond motifs is 1. The maximum atomic E-state index is 12.9. The molecule has 2 aromatic carbocycles. The molecule has 0 aliphatic heterocycles. The Labute approximate surface area is 174 Å². The van der Waals surface area contributed by atoms with Crippen molar-refractivity contribution in [1.82, 2.24) is 14.7 Å². The zero-order valence-corrected chi connectivity index (χ0v) is 16.6. The standard InChI is InChI=1S/C24H22N4O2/c1-17-9-5-6-12-19(17)26-24(30)22-27-21(20-13-7-8-16-28(20)22)23(29)25-15-14-18-10-3-2-4-11-18/h2-13,16H,14-15H2,1H3,(H,25,29)(H,26,30). The highest BCUT2D eigenvalue weighted by molar-refractivity contribution is 6.06. The van der Waals surface area contributed by atoms with Crippen molar-refractivity contribution in [2.45, 2.75) is 13.3 Å². The third-order valence-electron chi connectivity index (χ3n) is 4.90. The highest BCUT2D eigenvalue weighted by atomic mass is 16.2. The Morgan fingerprint density at radius 1 is 0.900 bits per heavy atom. The van der Waals surface area contributed by atoms with Gasteiger partial charge in [0, 0.05) is 18.4 Å². The number of imidazole rings is 1. The summed E-state index contributed by atoms with van der Waals surface area (Å²) in [6.45, 7) is 2.41. The van der Waals surface area contributed by atoms with Crippen LogP contribution >= 0.6 is 0 Å². The van der Waals surface area contributed by atoms with Crippen molar-refractivity contribution in [1.29, 1.82) is 0 Å². The Kier molecular flexibility index (Phi) is 5.57. The molecule has 0 spiro atoms. The molecule has 0 saturated heterocycles. The number of anilines is 1. The van der Waals surface area contributed by atoms with Crippen LogP contribution in [0, 0.1) is 6.92 Å². The number of aryl methyl sites for hydroxylation is 1. The first-order valence-corrected chi connectivity index (χ1v) is 9.79. The van der Waals surface area contributed by atoms with Crippen LogP contribution in [0.4, 0.5) is 5.69 Å². The van der Waals surface area contributed by atoms with Gasteiger partial charge >= 0.3 is 0 Å². The minimum atomic E-state index is -0.367. The van der Waals surface area contributed by atoms with E-state index in [-0.39, 0.29) is 23.3 Å². The molecule has 0 radical (unpaired) electrons. The summed E-state index contributed by atoms with van der Waals surface area (Å²) in [6.07, 6.45) is 2.45. The Morgan fingerprint density at radius 2 is 1.63 bits per heavy atom. The molecule has 4 rings (SSSR count). The molecule has 0 aliphatic carbocycles. The van der Waals surface area contributed by atoms with Gasteiger partial charge in [-0.3, -0.25) is 14.0 Å². The highest BCUT2D eigenvalue weighted by Crippen LogP contribution is 2.17. The van der Waals surface area contributed by atoms with Gasteiger partial charge in [-0.05, 0) is 42.7 Å². The number of hydrogen-bond donors (Lipinski definition) is 2. The molecular formula is C24H22N4O2. The van der Waals surface area contributed by atoms with Gasteiger partial charge in [-0.2, -0.15) is 0 Å². The van der Waals surface area contributed by atoms with E-state index in [9.17, 15) is 9.59 Å². The predicted molar refractivity (Wildman–Crippen MR) is 117 cm³/mol. The normalized spacial score (nSPS) is 10.7. The fourth-order valence-electron chi connectivity index (χ4n) is 3.31. The van der Waals surface area contributed by atoms with E-state index in [4.69, 9.17) is 0 Å². The van der Waals surface area contributed by atoms with Crippen LogP contribution in [-0.4, -0.2) is 27.7 Å². The molecule has 0 bridgehead atoms. The largest absolute Gasteiger partial charge is 0.350 e. The number of nitrogens with zero attached hydrogens (tertiary/aromatic N) is 2. The van der Waals surface area contributed by atoms with Gasteiger partial charge < -0.3 is 10.6 Å². The number of carbonyl (C=O) groups is 2. The number of hydrogen-bond acceptors (Lipinski definition) is 3. The summed E-state index contributed by atoms with van der Waals surface area (Å²) >= 11 is 0. The molecule has 30 heavy (non-hydrogen) atoms. The summed E-state index contributed by atoms with van der Waals surface area (Å²) in [5.74, 6) is -0.500. The first-order valence-electron chi connectivity index (χ1n) is 9.79. The maximum absolute atomic E-state index is 12.9. The minimum Gasteiger partial charge on any atom is -0.350 e. The van der Waals surface area contributed by atoms with Crippen LogP contribution in [0.25, 0.3) is 5.52 Å². The van der Waals surface area contributed by atoms with Gasteiger partial charge in [0.25, 0.3) is 11.8 Å². The fourth-order valence-corrected chi connectivity index (χ4v) is 3.31. The van der Waals surface area contributed by atoms with Crippen LogP contribution < -0.4 is 10.6 Å². The van der Waals surface area contributed by atoms with Crippen molar-refractivity contribution >= 4 is 23.0 Å². The fraction of sp³-hybridized carbons (Fsp3) is 0.125. The first kappa shape index (κ1) is 19.4. The van der Waals surface area contributed by atoms with Crippen LogP contribution in [0.1, 0.15) is 32.2 Å². The summed E-state index contributed by atoms with van der Waals surface area (Å²) in [4.78, 5) is 30.0. The van der Waals surface area contributed by atoms with Gasteiger partial charge in [0.15, 0.2) is 5.69 Å². The zero-order chi connectivity index (χ0) is 20.9. The smallest absolute Gasteiger partial charge is 0.292 e. The molecule has 0 saturated carbocycles. The van der Waals surface area contributed by atoms with E-state index in [0.717, 1.165) is 17.5 Å². The molecule has 2 aromatic heterocycles. The van der Waals surface area contributed by atoms with Crippen molar-refractivity contribution in [2.75, 3.05) is 11.9 Å². The van der Waals surface area contributed by atoms with E-state index in [2.05, 4.69) is 15.6 Å². The molecule has 0 aliphatic rings. The Morgan fingerprint density at radius 3 is 2.43 bits per heavy atom. The molecule has 0 unspecified atom stereocenters. The SMILES string of the molecule is Cc1ccccc1NC(=O)c1nc(C(=O)NCCc2ccccc2)c2ccccn12. The lowest BCUT2D eigenvalue weighted by Gasteiger charge is -2.07. The summed E-state index contributed by atoms with van der Waals surface area (Å²) in [6, 6.07) is 22.9. The third-order valence-corrected chi connectivity index (χ3v) is 4.90.